The lowest BCUT2D eigenvalue weighted by Gasteiger charge is -2.29. The van der Waals surface area contributed by atoms with Gasteiger partial charge in [0.25, 0.3) is 0 Å². The second kappa shape index (κ2) is 7.78. The molecule has 0 atom stereocenters. The van der Waals surface area contributed by atoms with Crippen LogP contribution in [0.25, 0.3) is 0 Å². The summed E-state index contributed by atoms with van der Waals surface area (Å²) in [5, 5.41) is 0. The van der Waals surface area contributed by atoms with Gasteiger partial charge in [-0.15, -0.1) is 0 Å². The summed E-state index contributed by atoms with van der Waals surface area (Å²) in [6, 6.07) is 0. The van der Waals surface area contributed by atoms with Gasteiger partial charge in [-0.05, 0) is 55.4 Å². The summed E-state index contributed by atoms with van der Waals surface area (Å²) in [7, 11) is 0. The molecule has 1 aliphatic rings. The van der Waals surface area contributed by atoms with Gasteiger partial charge >= 0.3 is 0 Å². The molecule has 1 aliphatic carbocycles. The topological polar surface area (TPSA) is 17.1 Å². The van der Waals surface area contributed by atoms with Gasteiger partial charge in [0, 0.05) is 0 Å². The molecule has 0 radical (unpaired) electrons. The maximum absolute atomic E-state index is 10.3. The highest BCUT2D eigenvalue weighted by Gasteiger charge is 2.23. The molecule has 1 rings (SSSR count). The number of rotatable bonds is 5. The number of allylic oxidation sites excluding steroid dienone is 12. The molecule has 0 aromatic rings. The van der Waals surface area contributed by atoms with Gasteiger partial charge in [0.05, 0.1) is 0 Å². The smallest absolute Gasteiger partial charge is 0.143 e. The van der Waals surface area contributed by atoms with Crippen LogP contribution < -0.4 is 0 Å². The van der Waals surface area contributed by atoms with Crippen LogP contribution in [0.2, 0.25) is 0 Å². The zero-order valence-electron chi connectivity index (χ0n) is 13.8. The summed E-state index contributed by atoms with van der Waals surface area (Å²) in [4.78, 5) is 10.3. The summed E-state index contributed by atoms with van der Waals surface area (Å²) >= 11 is 0. The van der Waals surface area contributed by atoms with E-state index in [4.69, 9.17) is 0 Å². The predicted molar refractivity (Wildman–Crippen MR) is 92.1 cm³/mol. The number of hydrogen-bond acceptors (Lipinski definition) is 1. The lowest BCUT2D eigenvalue weighted by atomic mass is 9.75. The van der Waals surface area contributed by atoms with Crippen molar-refractivity contribution in [3.63, 3.8) is 0 Å². The normalized spacial score (nSPS) is 19.9. The van der Waals surface area contributed by atoms with Gasteiger partial charge in [-0.2, -0.15) is 0 Å². The van der Waals surface area contributed by atoms with Crippen LogP contribution in [0.4, 0.5) is 0 Å². The van der Waals surface area contributed by atoms with Gasteiger partial charge < -0.3 is 0 Å². The summed E-state index contributed by atoms with van der Waals surface area (Å²) in [5.41, 5.74) is 5.09. The molecule has 112 valence electrons. The number of aldehydes is 1. The Balaban J connectivity index is 2.82. The average Bonchev–Trinajstić information content (AvgIpc) is 2.37. The lowest BCUT2D eigenvalue weighted by molar-refractivity contribution is -0.104. The summed E-state index contributed by atoms with van der Waals surface area (Å²) in [6.07, 6.45) is 18.3. The molecule has 0 amide bonds. The number of carbonyl (C=O) groups excluding carboxylic acids is 1. The third-order valence-electron chi connectivity index (χ3n) is 3.71. The Bertz CT molecular complexity index is 561. The fourth-order valence-electron chi connectivity index (χ4n) is 2.41. The molecular formula is C20H26O. The largest absolute Gasteiger partial charge is 0.299 e. The van der Waals surface area contributed by atoms with Crippen molar-refractivity contribution in [1.29, 1.82) is 0 Å². The molecule has 0 bridgehead atoms. The minimum absolute atomic E-state index is 0.203. The molecule has 21 heavy (non-hydrogen) atoms. The van der Waals surface area contributed by atoms with Crippen LogP contribution in [-0.2, 0) is 4.79 Å². The summed E-state index contributed by atoms with van der Waals surface area (Å²) < 4.78 is 0. The van der Waals surface area contributed by atoms with E-state index in [1.54, 1.807) is 6.08 Å². The quantitative estimate of drug-likeness (QED) is 0.370. The summed E-state index contributed by atoms with van der Waals surface area (Å²) in [6.45, 7) is 10.7. The van der Waals surface area contributed by atoms with Crippen molar-refractivity contribution in [3.8, 4) is 0 Å². The number of hydrogen-bond donors (Lipinski definition) is 0. The van der Waals surface area contributed by atoms with Crippen LogP contribution in [-0.4, -0.2) is 6.29 Å². The van der Waals surface area contributed by atoms with Crippen LogP contribution in [0, 0.1) is 5.41 Å². The van der Waals surface area contributed by atoms with E-state index in [0.29, 0.717) is 0 Å². The number of carbonyl (C=O) groups is 1. The molecule has 0 aromatic carbocycles. The van der Waals surface area contributed by atoms with E-state index in [1.807, 2.05) is 19.1 Å². The van der Waals surface area contributed by atoms with Crippen molar-refractivity contribution >= 4 is 6.29 Å². The maximum atomic E-state index is 10.3. The second-order valence-electron chi connectivity index (χ2n) is 6.24. The molecule has 1 heteroatoms. The van der Waals surface area contributed by atoms with Crippen LogP contribution in [0.15, 0.2) is 70.9 Å². The summed E-state index contributed by atoms with van der Waals surface area (Å²) in [5.74, 6) is 0. The minimum atomic E-state index is 0.203. The Hall–Kier alpha value is -1.89. The van der Waals surface area contributed by atoms with E-state index in [2.05, 4.69) is 58.1 Å². The van der Waals surface area contributed by atoms with E-state index in [-0.39, 0.29) is 5.41 Å². The van der Waals surface area contributed by atoms with E-state index >= 15 is 0 Å². The minimum Gasteiger partial charge on any atom is -0.299 e. The molecule has 0 aromatic heterocycles. The van der Waals surface area contributed by atoms with E-state index in [9.17, 15) is 4.79 Å². The highest BCUT2D eigenvalue weighted by molar-refractivity contribution is 5.66. The van der Waals surface area contributed by atoms with Gasteiger partial charge in [0.1, 0.15) is 6.29 Å². The highest BCUT2D eigenvalue weighted by Crippen LogP contribution is 2.37. The third kappa shape index (κ3) is 5.55. The van der Waals surface area contributed by atoms with Crippen LogP contribution in [0.1, 0.15) is 41.0 Å². The van der Waals surface area contributed by atoms with Crippen molar-refractivity contribution < 1.29 is 4.79 Å². The molecule has 0 saturated heterocycles. The highest BCUT2D eigenvalue weighted by atomic mass is 16.1. The molecule has 0 aliphatic heterocycles. The zero-order valence-corrected chi connectivity index (χ0v) is 13.8. The second-order valence-corrected chi connectivity index (χ2v) is 6.24. The van der Waals surface area contributed by atoms with Crippen molar-refractivity contribution in [2.75, 3.05) is 0 Å². The third-order valence-corrected chi connectivity index (χ3v) is 3.71. The Morgan fingerprint density at radius 2 is 1.81 bits per heavy atom. The zero-order chi connectivity index (χ0) is 15.9. The first-order valence-corrected chi connectivity index (χ1v) is 7.40. The van der Waals surface area contributed by atoms with Gasteiger partial charge in [-0.25, -0.2) is 0 Å². The average molecular weight is 282 g/mol. The predicted octanol–water partition coefficient (Wildman–Crippen LogP) is 5.49. The lowest BCUT2D eigenvalue weighted by Crippen LogP contribution is -2.16. The van der Waals surface area contributed by atoms with E-state index < -0.39 is 0 Å². The monoisotopic (exact) mass is 282 g/mol. The fourth-order valence-corrected chi connectivity index (χ4v) is 2.41. The van der Waals surface area contributed by atoms with Gasteiger partial charge in [-0.1, -0.05) is 62.0 Å². The molecule has 0 spiro atoms. The first-order valence-electron chi connectivity index (χ1n) is 7.40. The van der Waals surface area contributed by atoms with Crippen molar-refractivity contribution in [3.05, 3.63) is 70.9 Å². The molecule has 0 unspecified atom stereocenters. The van der Waals surface area contributed by atoms with Crippen LogP contribution >= 0.6 is 0 Å². The van der Waals surface area contributed by atoms with Gasteiger partial charge in [0.15, 0.2) is 0 Å². The molecule has 1 nitrogen and oxygen atoms in total. The SMILES string of the molecule is CC1=C(/C=C/C(C)=C/C=C/C(C)=C\C=O)C(C)(C)CC=C1. The molecule has 0 saturated carbocycles. The van der Waals surface area contributed by atoms with Crippen molar-refractivity contribution in [1.82, 2.24) is 0 Å². The Kier molecular flexibility index (Phi) is 6.36. The molecule has 0 fully saturated rings. The Morgan fingerprint density at radius 1 is 1.14 bits per heavy atom. The maximum Gasteiger partial charge on any atom is 0.143 e. The molecule has 0 N–H and O–H groups in total. The van der Waals surface area contributed by atoms with Crippen molar-refractivity contribution in [2.24, 2.45) is 5.41 Å². The van der Waals surface area contributed by atoms with Crippen molar-refractivity contribution in [2.45, 2.75) is 41.0 Å². The Labute approximate surface area is 129 Å². The van der Waals surface area contributed by atoms with Gasteiger partial charge in [-0.3, -0.25) is 4.79 Å². The molecular weight excluding hydrogens is 256 g/mol. The van der Waals surface area contributed by atoms with Crippen LogP contribution in [0.5, 0.6) is 0 Å². The fraction of sp³-hybridized carbons (Fsp3) is 0.350. The van der Waals surface area contributed by atoms with E-state index in [0.717, 1.165) is 18.3 Å². The molecule has 0 heterocycles. The van der Waals surface area contributed by atoms with Crippen LogP contribution in [0.3, 0.4) is 0 Å². The first kappa shape index (κ1) is 17.2. The van der Waals surface area contributed by atoms with Gasteiger partial charge in [0.2, 0.25) is 0 Å². The first-order chi connectivity index (χ1) is 9.86. The van der Waals surface area contributed by atoms with E-state index in [1.165, 1.54) is 16.7 Å². The Morgan fingerprint density at radius 3 is 2.43 bits per heavy atom. The standard InChI is InChI=1S/C20H26O/c1-16(8-6-9-17(2)13-15-21)11-12-19-18(3)10-7-14-20(19,4)5/h6-13,15H,14H2,1-5H3/b9-6+,12-11+,16-8+,17-13-.